The largest absolute Gasteiger partial charge is 0.380 e. The SMILES string of the molecule is CNC(C)CNC(=O)c1ccccc1COC. The van der Waals surface area contributed by atoms with Gasteiger partial charge in [0.2, 0.25) is 0 Å². The fraction of sp³-hybridized carbons (Fsp3) is 0.462. The van der Waals surface area contributed by atoms with E-state index in [0.717, 1.165) is 5.56 Å². The molecule has 0 aromatic heterocycles. The van der Waals surface area contributed by atoms with Gasteiger partial charge in [-0.25, -0.2) is 0 Å². The van der Waals surface area contributed by atoms with Crippen molar-refractivity contribution in [2.24, 2.45) is 0 Å². The summed E-state index contributed by atoms with van der Waals surface area (Å²) in [5, 5.41) is 5.96. The van der Waals surface area contributed by atoms with Crippen LogP contribution in [0.3, 0.4) is 0 Å². The van der Waals surface area contributed by atoms with E-state index in [0.29, 0.717) is 18.7 Å². The molecule has 1 aromatic rings. The molecule has 17 heavy (non-hydrogen) atoms. The maximum Gasteiger partial charge on any atom is 0.251 e. The van der Waals surface area contributed by atoms with Crippen LogP contribution in [0, 0.1) is 0 Å². The second-order valence-electron chi connectivity index (χ2n) is 3.99. The number of benzene rings is 1. The fourth-order valence-corrected chi connectivity index (χ4v) is 1.47. The van der Waals surface area contributed by atoms with Gasteiger partial charge in [0.25, 0.3) is 5.91 Å². The van der Waals surface area contributed by atoms with E-state index < -0.39 is 0 Å². The van der Waals surface area contributed by atoms with E-state index in [-0.39, 0.29) is 11.9 Å². The lowest BCUT2D eigenvalue weighted by atomic mass is 10.1. The van der Waals surface area contributed by atoms with Crippen LogP contribution in [0.15, 0.2) is 24.3 Å². The lowest BCUT2D eigenvalue weighted by Gasteiger charge is -2.13. The zero-order valence-corrected chi connectivity index (χ0v) is 10.6. The van der Waals surface area contributed by atoms with E-state index in [1.807, 2.05) is 38.2 Å². The molecular formula is C13H20N2O2. The van der Waals surface area contributed by atoms with Gasteiger partial charge in [-0.05, 0) is 25.6 Å². The minimum Gasteiger partial charge on any atom is -0.380 e. The Kier molecular flexibility index (Phi) is 5.66. The summed E-state index contributed by atoms with van der Waals surface area (Å²) in [6.45, 7) is 3.07. The van der Waals surface area contributed by atoms with Crippen LogP contribution >= 0.6 is 0 Å². The Balaban J connectivity index is 2.67. The minimum absolute atomic E-state index is 0.0558. The van der Waals surface area contributed by atoms with Crippen LogP contribution in [-0.2, 0) is 11.3 Å². The highest BCUT2D eigenvalue weighted by Crippen LogP contribution is 2.09. The summed E-state index contributed by atoms with van der Waals surface area (Å²) in [6.07, 6.45) is 0. The maximum absolute atomic E-state index is 12.0. The van der Waals surface area contributed by atoms with Crippen LogP contribution in [0.25, 0.3) is 0 Å². The Morgan fingerprint density at radius 3 is 2.76 bits per heavy atom. The van der Waals surface area contributed by atoms with Gasteiger partial charge in [-0.15, -0.1) is 0 Å². The number of carbonyl (C=O) groups is 1. The molecule has 1 atom stereocenters. The molecule has 1 amide bonds. The Morgan fingerprint density at radius 2 is 2.12 bits per heavy atom. The molecule has 0 saturated carbocycles. The predicted molar refractivity (Wildman–Crippen MR) is 68.0 cm³/mol. The van der Waals surface area contributed by atoms with Gasteiger partial charge in [0.15, 0.2) is 0 Å². The number of amides is 1. The van der Waals surface area contributed by atoms with Crippen molar-refractivity contribution in [3.8, 4) is 0 Å². The quantitative estimate of drug-likeness (QED) is 0.779. The van der Waals surface area contributed by atoms with Gasteiger partial charge in [0.1, 0.15) is 0 Å². The Bertz CT molecular complexity index is 366. The molecule has 4 heteroatoms. The van der Waals surface area contributed by atoms with Crippen molar-refractivity contribution in [2.45, 2.75) is 19.6 Å². The highest BCUT2D eigenvalue weighted by molar-refractivity contribution is 5.95. The first-order valence-corrected chi connectivity index (χ1v) is 5.71. The number of nitrogens with one attached hydrogen (secondary N) is 2. The second-order valence-corrected chi connectivity index (χ2v) is 3.99. The van der Waals surface area contributed by atoms with Crippen molar-refractivity contribution in [1.82, 2.24) is 10.6 Å². The highest BCUT2D eigenvalue weighted by atomic mass is 16.5. The summed E-state index contributed by atoms with van der Waals surface area (Å²) in [5.41, 5.74) is 1.59. The van der Waals surface area contributed by atoms with E-state index >= 15 is 0 Å². The van der Waals surface area contributed by atoms with E-state index in [4.69, 9.17) is 4.74 Å². The van der Waals surface area contributed by atoms with Crippen LogP contribution in [-0.4, -0.2) is 32.7 Å². The summed E-state index contributed by atoms with van der Waals surface area (Å²) < 4.78 is 5.07. The van der Waals surface area contributed by atoms with Crippen LogP contribution in [0.1, 0.15) is 22.8 Å². The Morgan fingerprint density at radius 1 is 1.41 bits per heavy atom. The monoisotopic (exact) mass is 236 g/mol. The second kappa shape index (κ2) is 7.04. The zero-order chi connectivity index (χ0) is 12.7. The zero-order valence-electron chi connectivity index (χ0n) is 10.6. The lowest BCUT2D eigenvalue weighted by Crippen LogP contribution is -2.37. The van der Waals surface area contributed by atoms with E-state index in [9.17, 15) is 4.79 Å². The predicted octanol–water partition coefficient (Wildman–Crippen LogP) is 1.17. The first-order valence-electron chi connectivity index (χ1n) is 5.71. The van der Waals surface area contributed by atoms with Crippen molar-refractivity contribution in [3.05, 3.63) is 35.4 Å². The molecule has 0 bridgehead atoms. The van der Waals surface area contributed by atoms with Gasteiger partial charge in [0.05, 0.1) is 6.61 Å². The van der Waals surface area contributed by atoms with Crippen LogP contribution in [0.4, 0.5) is 0 Å². The molecule has 0 saturated heterocycles. The molecule has 1 rings (SSSR count). The summed E-state index contributed by atoms with van der Waals surface area (Å²) in [7, 11) is 3.49. The molecule has 0 fully saturated rings. The number of likely N-dealkylation sites (N-methyl/N-ethyl adjacent to an activating group) is 1. The van der Waals surface area contributed by atoms with Crippen molar-refractivity contribution < 1.29 is 9.53 Å². The lowest BCUT2D eigenvalue weighted by molar-refractivity contribution is 0.0945. The van der Waals surface area contributed by atoms with Crippen molar-refractivity contribution >= 4 is 5.91 Å². The van der Waals surface area contributed by atoms with Gasteiger partial charge in [-0.3, -0.25) is 4.79 Å². The third kappa shape index (κ3) is 4.17. The van der Waals surface area contributed by atoms with Crippen molar-refractivity contribution in [2.75, 3.05) is 20.7 Å². The van der Waals surface area contributed by atoms with Crippen LogP contribution in [0.5, 0.6) is 0 Å². The van der Waals surface area contributed by atoms with Gasteiger partial charge in [0, 0.05) is 25.3 Å². The standard InChI is InChI=1S/C13H20N2O2/c1-10(14-2)8-15-13(16)12-7-5-4-6-11(12)9-17-3/h4-7,10,14H,8-9H2,1-3H3,(H,15,16). The van der Waals surface area contributed by atoms with Crippen LogP contribution in [0.2, 0.25) is 0 Å². The fourth-order valence-electron chi connectivity index (χ4n) is 1.47. The molecule has 0 aliphatic rings. The third-order valence-corrected chi connectivity index (χ3v) is 2.62. The smallest absolute Gasteiger partial charge is 0.251 e. The molecule has 0 radical (unpaired) electrons. The number of hydrogen-bond acceptors (Lipinski definition) is 3. The van der Waals surface area contributed by atoms with E-state index in [2.05, 4.69) is 10.6 Å². The number of carbonyl (C=O) groups excluding carboxylic acids is 1. The molecule has 0 aliphatic carbocycles. The van der Waals surface area contributed by atoms with Crippen molar-refractivity contribution in [1.29, 1.82) is 0 Å². The van der Waals surface area contributed by atoms with Gasteiger partial charge in [-0.2, -0.15) is 0 Å². The topological polar surface area (TPSA) is 50.4 Å². The number of hydrogen-bond donors (Lipinski definition) is 2. The molecular weight excluding hydrogens is 216 g/mol. The molecule has 4 nitrogen and oxygen atoms in total. The van der Waals surface area contributed by atoms with Gasteiger partial charge in [-0.1, -0.05) is 18.2 Å². The van der Waals surface area contributed by atoms with Gasteiger partial charge >= 0.3 is 0 Å². The Labute approximate surface area is 102 Å². The summed E-state index contributed by atoms with van der Waals surface area (Å²) in [5.74, 6) is -0.0558. The first-order chi connectivity index (χ1) is 8.19. The van der Waals surface area contributed by atoms with Gasteiger partial charge < -0.3 is 15.4 Å². The summed E-state index contributed by atoms with van der Waals surface area (Å²) in [4.78, 5) is 12.0. The normalized spacial score (nSPS) is 12.2. The average Bonchev–Trinajstić information content (AvgIpc) is 2.36. The number of rotatable bonds is 6. The molecule has 2 N–H and O–H groups in total. The minimum atomic E-state index is -0.0558. The number of ether oxygens (including phenoxy) is 1. The number of methoxy groups -OCH3 is 1. The average molecular weight is 236 g/mol. The molecule has 0 heterocycles. The highest BCUT2D eigenvalue weighted by Gasteiger charge is 2.10. The summed E-state index contributed by atoms with van der Waals surface area (Å²) in [6, 6.07) is 7.73. The first kappa shape index (κ1) is 13.7. The molecule has 1 aromatic carbocycles. The van der Waals surface area contributed by atoms with Crippen molar-refractivity contribution in [3.63, 3.8) is 0 Å². The third-order valence-electron chi connectivity index (χ3n) is 2.62. The van der Waals surface area contributed by atoms with E-state index in [1.54, 1.807) is 7.11 Å². The summed E-state index contributed by atoms with van der Waals surface area (Å²) >= 11 is 0. The van der Waals surface area contributed by atoms with E-state index in [1.165, 1.54) is 0 Å². The molecule has 0 aliphatic heterocycles. The molecule has 1 unspecified atom stereocenters. The molecule has 94 valence electrons. The maximum atomic E-state index is 12.0. The Hall–Kier alpha value is -1.39. The molecule has 0 spiro atoms. The van der Waals surface area contributed by atoms with Crippen LogP contribution < -0.4 is 10.6 Å².